The molecule has 0 saturated carbocycles. The van der Waals surface area contributed by atoms with Gasteiger partial charge in [0.15, 0.2) is 11.6 Å². The third-order valence-electron chi connectivity index (χ3n) is 3.17. The Hall–Kier alpha value is -2.57. The number of aryl methyl sites for hydroxylation is 1. The molecule has 0 saturated heterocycles. The summed E-state index contributed by atoms with van der Waals surface area (Å²) in [4.78, 5) is 12.1. The summed E-state index contributed by atoms with van der Waals surface area (Å²) in [5, 5.41) is 9.78. The van der Waals surface area contributed by atoms with E-state index in [-0.39, 0.29) is 11.7 Å². The predicted octanol–water partition coefficient (Wildman–Crippen LogP) is 1.67. The van der Waals surface area contributed by atoms with Crippen LogP contribution in [0.1, 0.15) is 11.6 Å². The van der Waals surface area contributed by atoms with E-state index in [0.29, 0.717) is 11.4 Å². The average Bonchev–Trinajstić information content (AvgIpc) is 2.84. The van der Waals surface area contributed by atoms with Crippen LogP contribution < -0.4 is 15.4 Å². The van der Waals surface area contributed by atoms with Crippen molar-refractivity contribution < 1.29 is 13.9 Å². The van der Waals surface area contributed by atoms with Crippen molar-refractivity contribution in [2.75, 3.05) is 17.7 Å². The van der Waals surface area contributed by atoms with Crippen LogP contribution in [-0.4, -0.2) is 22.8 Å². The summed E-state index contributed by atoms with van der Waals surface area (Å²) in [5.74, 6) is -0.652. The molecule has 0 fully saturated rings. The van der Waals surface area contributed by atoms with E-state index in [4.69, 9.17) is 4.74 Å². The number of methoxy groups -OCH3 is 1. The molecule has 0 radical (unpaired) electrons. The highest BCUT2D eigenvalue weighted by atomic mass is 19.1. The SMILES string of the molecule is COc1cc2c(cc1F)NC(=O)C(c1cnn(C)c1)N2. The van der Waals surface area contributed by atoms with Crippen molar-refractivity contribution >= 4 is 17.3 Å². The number of carbonyl (C=O) groups is 1. The van der Waals surface area contributed by atoms with E-state index in [0.717, 1.165) is 5.56 Å². The van der Waals surface area contributed by atoms with E-state index in [1.54, 1.807) is 24.1 Å². The third-order valence-corrected chi connectivity index (χ3v) is 3.17. The topological polar surface area (TPSA) is 68.2 Å². The summed E-state index contributed by atoms with van der Waals surface area (Å²) < 4.78 is 20.2. The Morgan fingerprint density at radius 2 is 2.20 bits per heavy atom. The van der Waals surface area contributed by atoms with E-state index in [1.807, 2.05) is 0 Å². The number of nitrogens with one attached hydrogen (secondary N) is 2. The second-order valence-corrected chi connectivity index (χ2v) is 4.55. The zero-order valence-corrected chi connectivity index (χ0v) is 11.0. The second-order valence-electron chi connectivity index (χ2n) is 4.55. The van der Waals surface area contributed by atoms with Gasteiger partial charge in [-0.15, -0.1) is 0 Å². The Balaban J connectivity index is 1.99. The van der Waals surface area contributed by atoms with Crippen LogP contribution in [0.2, 0.25) is 0 Å². The Morgan fingerprint density at radius 3 is 2.85 bits per heavy atom. The minimum Gasteiger partial charge on any atom is -0.494 e. The number of hydrogen-bond acceptors (Lipinski definition) is 4. The molecular formula is C13H13FN4O2. The molecule has 1 unspecified atom stereocenters. The number of halogens is 1. The number of carbonyl (C=O) groups excluding carboxylic acids is 1. The molecule has 1 aromatic heterocycles. The fourth-order valence-electron chi connectivity index (χ4n) is 2.18. The number of nitrogens with zero attached hydrogens (tertiary/aromatic N) is 2. The van der Waals surface area contributed by atoms with Crippen LogP contribution in [0.4, 0.5) is 15.8 Å². The predicted molar refractivity (Wildman–Crippen MR) is 71.2 cm³/mol. The highest BCUT2D eigenvalue weighted by Gasteiger charge is 2.29. The molecule has 2 N–H and O–H groups in total. The molecule has 0 spiro atoms. The van der Waals surface area contributed by atoms with Crippen LogP contribution in [0, 0.1) is 5.82 Å². The number of amides is 1. The molecule has 1 aromatic carbocycles. The number of hydrogen-bond donors (Lipinski definition) is 2. The first-order valence-corrected chi connectivity index (χ1v) is 6.02. The molecule has 3 rings (SSSR count). The first kappa shape index (κ1) is 12.5. The van der Waals surface area contributed by atoms with Gasteiger partial charge in [-0.3, -0.25) is 9.48 Å². The zero-order chi connectivity index (χ0) is 14.3. The van der Waals surface area contributed by atoms with Crippen molar-refractivity contribution in [1.29, 1.82) is 0 Å². The van der Waals surface area contributed by atoms with E-state index >= 15 is 0 Å². The number of anilines is 2. The van der Waals surface area contributed by atoms with E-state index in [9.17, 15) is 9.18 Å². The molecule has 1 atom stereocenters. The molecule has 1 aliphatic rings. The third kappa shape index (κ3) is 1.97. The van der Waals surface area contributed by atoms with Gasteiger partial charge >= 0.3 is 0 Å². The summed E-state index contributed by atoms with van der Waals surface area (Å²) in [6.45, 7) is 0. The van der Waals surface area contributed by atoms with Gasteiger partial charge in [0, 0.05) is 30.9 Å². The van der Waals surface area contributed by atoms with Crippen molar-refractivity contribution in [3.05, 3.63) is 35.9 Å². The molecule has 6 nitrogen and oxygen atoms in total. The van der Waals surface area contributed by atoms with Gasteiger partial charge in [0.25, 0.3) is 5.91 Å². The molecule has 1 amide bonds. The molecule has 104 valence electrons. The normalized spacial score (nSPS) is 17.1. The van der Waals surface area contributed by atoms with Gasteiger partial charge < -0.3 is 15.4 Å². The number of ether oxygens (including phenoxy) is 1. The molecular weight excluding hydrogens is 263 g/mol. The van der Waals surface area contributed by atoms with Crippen molar-refractivity contribution in [2.45, 2.75) is 6.04 Å². The smallest absolute Gasteiger partial charge is 0.251 e. The minimum atomic E-state index is -0.564. The first-order valence-electron chi connectivity index (χ1n) is 6.02. The highest BCUT2D eigenvalue weighted by molar-refractivity contribution is 6.03. The zero-order valence-electron chi connectivity index (χ0n) is 11.0. The molecule has 1 aliphatic heterocycles. The lowest BCUT2D eigenvalue weighted by atomic mass is 10.1. The Morgan fingerprint density at radius 1 is 1.40 bits per heavy atom. The number of aromatic nitrogens is 2. The van der Waals surface area contributed by atoms with Crippen molar-refractivity contribution in [2.24, 2.45) is 7.05 Å². The van der Waals surface area contributed by atoms with Gasteiger partial charge in [0.05, 0.1) is 24.7 Å². The molecule has 2 heterocycles. The van der Waals surface area contributed by atoms with E-state index < -0.39 is 11.9 Å². The summed E-state index contributed by atoms with van der Waals surface area (Å²) >= 11 is 0. The lowest BCUT2D eigenvalue weighted by molar-refractivity contribution is -0.117. The second kappa shape index (κ2) is 4.52. The van der Waals surface area contributed by atoms with E-state index in [1.165, 1.54) is 19.2 Å². The Bertz CT molecular complexity index is 683. The summed E-state index contributed by atoms with van der Waals surface area (Å²) in [5.41, 5.74) is 1.74. The Kier molecular flexibility index (Phi) is 2.81. The van der Waals surface area contributed by atoms with Gasteiger partial charge in [0.2, 0.25) is 0 Å². The molecule has 2 aromatic rings. The van der Waals surface area contributed by atoms with Crippen LogP contribution in [0.5, 0.6) is 5.75 Å². The standard InChI is InChI=1S/C13H13FN4O2/c1-18-6-7(5-15-18)12-13(19)17-9-3-8(14)11(20-2)4-10(9)16-12/h3-6,12,16H,1-2H3,(H,17,19). The quantitative estimate of drug-likeness (QED) is 0.875. The minimum absolute atomic E-state index is 0.123. The summed E-state index contributed by atoms with van der Waals surface area (Å²) in [6, 6.07) is 2.19. The largest absolute Gasteiger partial charge is 0.494 e. The van der Waals surface area contributed by atoms with E-state index in [2.05, 4.69) is 15.7 Å². The van der Waals surface area contributed by atoms with Gasteiger partial charge in [-0.25, -0.2) is 4.39 Å². The number of fused-ring (bicyclic) bond motifs is 1. The molecule has 7 heteroatoms. The van der Waals surface area contributed by atoms with Crippen LogP contribution in [0.3, 0.4) is 0 Å². The first-order chi connectivity index (χ1) is 9.58. The summed E-state index contributed by atoms with van der Waals surface area (Å²) in [6.07, 6.45) is 3.37. The maximum atomic E-state index is 13.6. The molecule has 0 bridgehead atoms. The molecule has 20 heavy (non-hydrogen) atoms. The summed E-state index contributed by atoms with van der Waals surface area (Å²) in [7, 11) is 3.17. The average molecular weight is 276 g/mol. The molecule has 0 aliphatic carbocycles. The van der Waals surface area contributed by atoms with Gasteiger partial charge in [0.1, 0.15) is 6.04 Å². The van der Waals surface area contributed by atoms with Gasteiger partial charge in [-0.2, -0.15) is 5.10 Å². The fraction of sp³-hybridized carbons (Fsp3) is 0.231. The van der Waals surface area contributed by atoms with Crippen LogP contribution in [0.25, 0.3) is 0 Å². The number of rotatable bonds is 2. The van der Waals surface area contributed by atoms with Crippen molar-refractivity contribution in [1.82, 2.24) is 9.78 Å². The van der Waals surface area contributed by atoms with Crippen LogP contribution in [0.15, 0.2) is 24.5 Å². The lowest BCUT2D eigenvalue weighted by Crippen LogP contribution is -2.31. The Labute approximate surface area is 114 Å². The number of benzene rings is 1. The van der Waals surface area contributed by atoms with Gasteiger partial charge in [-0.05, 0) is 0 Å². The highest BCUT2D eigenvalue weighted by Crippen LogP contribution is 2.36. The fourth-order valence-corrected chi connectivity index (χ4v) is 2.18. The monoisotopic (exact) mass is 276 g/mol. The lowest BCUT2D eigenvalue weighted by Gasteiger charge is -2.26. The van der Waals surface area contributed by atoms with Crippen molar-refractivity contribution in [3.8, 4) is 5.75 Å². The maximum absolute atomic E-state index is 13.6. The van der Waals surface area contributed by atoms with Crippen LogP contribution >= 0.6 is 0 Å². The van der Waals surface area contributed by atoms with Gasteiger partial charge in [-0.1, -0.05) is 0 Å². The maximum Gasteiger partial charge on any atom is 0.251 e. The van der Waals surface area contributed by atoms with Crippen LogP contribution in [-0.2, 0) is 11.8 Å². The van der Waals surface area contributed by atoms with Crippen molar-refractivity contribution in [3.63, 3.8) is 0 Å².